The summed E-state index contributed by atoms with van der Waals surface area (Å²) in [5.41, 5.74) is 1.83. The van der Waals surface area contributed by atoms with Crippen molar-refractivity contribution in [2.24, 2.45) is 0 Å². The van der Waals surface area contributed by atoms with Gasteiger partial charge in [0.05, 0.1) is 32.0 Å². The quantitative estimate of drug-likeness (QED) is 0.0568. The Morgan fingerprint density at radius 1 is 0.727 bits per heavy atom. The molecule has 0 heterocycles. The lowest BCUT2D eigenvalue weighted by Crippen LogP contribution is -2.11. The van der Waals surface area contributed by atoms with Crippen molar-refractivity contribution in [3.8, 4) is 23.0 Å². The maximum Gasteiger partial charge on any atom is 0.343 e. The molecule has 10 heteroatoms. The average molecular weight is 605 g/mol. The van der Waals surface area contributed by atoms with Crippen LogP contribution in [0.3, 0.4) is 0 Å². The van der Waals surface area contributed by atoms with Gasteiger partial charge < -0.3 is 33.2 Å². The molecule has 0 aliphatic rings. The van der Waals surface area contributed by atoms with Gasteiger partial charge in [-0.05, 0) is 79.2 Å². The Kier molecular flexibility index (Phi) is 13.5. The minimum absolute atomic E-state index is 0.230. The van der Waals surface area contributed by atoms with E-state index in [1.807, 2.05) is 19.1 Å². The first-order chi connectivity index (χ1) is 21.3. The zero-order valence-electron chi connectivity index (χ0n) is 24.8. The van der Waals surface area contributed by atoms with Gasteiger partial charge in [0.25, 0.3) is 0 Å². The number of methoxy groups -OCH3 is 1. The number of hydrogen-bond donors (Lipinski definition) is 0. The van der Waals surface area contributed by atoms with Crippen LogP contribution in [0.25, 0.3) is 0 Å². The molecule has 10 nitrogen and oxygen atoms in total. The third-order valence-electron chi connectivity index (χ3n) is 5.99. The largest absolute Gasteiger partial charge is 0.493 e. The number of aryl methyl sites for hydroxylation is 1. The lowest BCUT2D eigenvalue weighted by molar-refractivity contribution is -0.138. The first-order valence-electron chi connectivity index (χ1n) is 13.9. The number of carbonyl (C=O) groups is 3. The molecule has 0 amide bonds. The molecule has 0 aromatic heterocycles. The summed E-state index contributed by atoms with van der Waals surface area (Å²) >= 11 is 0. The monoisotopic (exact) mass is 604 g/mol. The zero-order valence-corrected chi connectivity index (χ0v) is 24.8. The maximum absolute atomic E-state index is 12.7. The highest BCUT2D eigenvalue weighted by Crippen LogP contribution is 2.29. The minimum Gasteiger partial charge on any atom is -0.493 e. The fourth-order valence-corrected chi connectivity index (χ4v) is 3.71. The van der Waals surface area contributed by atoms with Crippen molar-refractivity contribution >= 4 is 17.9 Å². The van der Waals surface area contributed by atoms with Crippen molar-refractivity contribution < 1.29 is 47.5 Å². The molecule has 232 valence electrons. The van der Waals surface area contributed by atoms with Gasteiger partial charge in [0.15, 0.2) is 0 Å². The van der Waals surface area contributed by atoms with Gasteiger partial charge >= 0.3 is 17.9 Å². The maximum atomic E-state index is 12.7. The second-order valence-corrected chi connectivity index (χ2v) is 9.24. The lowest BCUT2D eigenvalue weighted by Gasteiger charge is -2.19. The van der Waals surface area contributed by atoms with Gasteiger partial charge in [0.2, 0.25) is 6.29 Å². The van der Waals surface area contributed by atoms with Crippen LogP contribution in [0, 0.1) is 6.92 Å². The number of rotatable bonds is 18. The summed E-state index contributed by atoms with van der Waals surface area (Å²) < 4.78 is 38.3. The van der Waals surface area contributed by atoms with Crippen molar-refractivity contribution in [3.63, 3.8) is 0 Å². The van der Waals surface area contributed by atoms with E-state index in [4.69, 9.17) is 33.2 Å². The van der Waals surface area contributed by atoms with Gasteiger partial charge in [0, 0.05) is 37.7 Å². The SMILES string of the molecule is C=CC(=O)OCCCOc1ccc(C(=O)Oc2ccc(OC(OC)c3ccc(OCCCOC(=O)C=C)cc3)cc2C)cc1. The van der Waals surface area contributed by atoms with Gasteiger partial charge in [-0.3, -0.25) is 0 Å². The average Bonchev–Trinajstić information content (AvgIpc) is 3.04. The molecule has 3 rings (SSSR count). The van der Waals surface area contributed by atoms with E-state index < -0.39 is 24.2 Å². The highest BCUT2D eigenvalue weighted by atomic mass is 16.7. The Hall–Kier alpha value is -5.09. The molecular weight excluding hydrogens is 568 g/mol. The summed E-state index contributed by atoms with van der Waals surface area (Å²) in [6.45, 7) is 9.72. The van der Waals surface area contributed by atoms with Gasteiger partial charge in [-0.15, -0.1) is 0 Å². The van der Waals surface area contributed by atoms with Crippen LogP contribution in [-0.2, 0) is 23.8 Å². The molecule has 0 radical (unpaired) electrons. The Labute approximate surface area is 256 Å². The zero-order chi connectivity index (χ0) is 31.7. The third kappa shape index (κ3) is 11.0. The normalized spacial score (nSPS) is 11.0. The molecule has 1 unspecified atom stereocenters. The number of hydrogen-bond acceptors (Lipinski definition) is 10. The molecule has 0 saturated heterocycles. The lowest BCUT2D eigenvalue weighted by atomic mass is 10.2. The van der Waals surface area contributed by atoms with Crippen molar-refractivity contribution in [2.75, 3.05) is 33.5 Å². The molecule has 0 N–H and O–H groups in total. The Bertz CT molecular complexity index is 1400. The Balaban J connectivity index is 1.48. The molecular formula is C34H36O10. The van der Waals surface area contributed by atoms with E-state index in [2.05, 4.69) is 13.2 Å². The van der Waals surface area contributed by atoms with Crippen molar-refractivity contribution in [3.05, 3.63) is 109 Å². The van der Waals surface area contributed by atoms with E-state index in [-0.39, 0.29) is 13.2 Å². The van der Waals surface area contributed by atoms with Crippen LogP contribution in [0.1, 0.15) is 40.6 Å². The molecule has 0 bridgehead atoms. The smallest absolute Gasteiger partial charge is 0.343 e. The van der Waals surface area contributed by atoms with Crippen LogP contribution in [0.2, 0.25) is 0 Å². The van der Waals surface area contributed by atoms with Crippen molar-refractivity contribution in [1.29, 1.82) is 0 Å². The molecule has 0 aliphatic carbocycles. The Morgan fingerprint density at radius 3 is 1.75 bits per heavy atom. The first-order valence-corrected chi connectivity index (χ1v) is 13.9. The molecule has 3 aromatic rings. The van der Waals surface area contributed by atoms with Gasteiger partial charge in [-0.2, -0.15) is 0 Å². The molecule has 1 atom stereocenters. The molecule has 0 aliphatic heterocycles. The van der Waals surface area contributed by atoms with Crippen LogP contribution in [0.4, 0.5) is 0 Å². The van der Waals surface area contributed by atoms with Crippen LogP contribution in [0.5, 0.6) is 23.0 Å². The Morgan fingerprint density at radius 2 is 1.25 bits per heavy atom. The van der Waals surface area contributed by atoms with Crippen LogP contribution in [-0.4, -0.2) is 51.4 Å². The predicted molar refractivity (Wildman–Crippen MR) is 162 cm³/mol. The number of ether oxygens (including phenoxy) is 7. The summed E-state index contributed by atoms with van der Waals surface area (Å²) in [7, 11) is 1.54. The fraction of sp³-hybridized carbons (Fsp3) is 0.265. The van der Waals surface area contributed by atoms with Gasteiger partial charge in [0.1, 0.15) is 23.0 Å². The summed E-state index contributed by atoms with van der Waals surface area (Å²) in [6.07, 6.45) is 2.62. The topological polar surface area (TPSA) is 116 Å². The number of esters is 3. The van der Waals surface area contributed by atoms with E-state index in [0.29, 0.717) is 60.2 Å². The molecule has 0 spiro atoms. The first kappa shape index (κ1) is 33.4. The van der Waals surface area contributed by atoms with Crippen molar-refractivity contribution in [1.82, 2.24) is 0 Å². The molecule has 0 fully saturated rings. The van der Waals surface area contributed by atoms with Crippen molar-refractivity contribution in [2.45, 2.75) is 26.1 Å². The summed E-state index contributed by atoms with van der Waals surface area (Å²) in [4.78, 5) is 34.8. The van der Waals surface area contributed by atoms with Crippen LogP contribution >= 0.6 is 0 Å². The van der Waals surface area contributed by atoms with E-state index in [0.717, 1.165) is 17.7 Å². The van der Waals surface area contributed by atoms with E-state index in [1.54, 1.807) is 61.7 Å². The highest BCUT2D eigenvalue weighted by Gasteiger charge is 2.15. The molecule has 44 heavy (non-hydrogen) atoms. The van der Waals surface area contributed by atoms with Gasteiger partial charge in [-0.25, -0.2) is 14.4 Å². The van der Waals surface area contributed by atoms with Gasteiger partial charge in [-0.1, -0.05) is 13.2 Å². The second-order valence-electron chi connectivity index (χ2n) is 9.24. The second kappa shape index (κ2) is 17.8. The third-order valence-corrected chi connectivity index (χ3v) is 5.99. The molecule has 3 aromatic carbocycles. The van der Waals surface area contributed by atoms with Crippen LogP contribution < -0.4 is 18.9 Å². The predicted octanol–water partition coefficient (Wildman–Crippen LogP) is 5.93. The van der Waals surface area contributed by atoms with E-state index in [9.17, 15) is 14.4 Å². The number of carbonyl (C=O) groups excluding carboxylic acids is 3. The minimum atomic E-state index is -0.682. The standard InChI is InChI=1S/C34H36O10/c1-5-31(35)41-21-7-19-39-27-13-9-25(10-14-27)33(37)44-30-18-17-29(23-24(30)3)43-34(38-4)26-11-15-28(16-12-26)40-20-8-22-42-32(36)6-2/h5-6,9-18,23,34H,1-2,7-8,19-22H2,3-4H3. The summed E-state index contributed by atoms with van der Waals surface area (Å²) in [6, 6.07) is 19.0. The van der Waals surface area contributed by atoms with E-state index in [1.165, 1.54) is 0 Å². The fourth-order valence-electron chi connectivity index (χ4n) is 3.71. The van der Waals surface area contributed by atoms with E-state index >= 15 is 0 Å². The summed E-state index contributed by atoms with van der Waals surface area (Å²) in [5, 5.41) is 0. The highest BCUT2D eigenvalue weighted by molar-refractivity contribution is 5.91. The molecule has 0 saturated carbocycles. The summed E-state index contributed by atoms with van der Waals surface area (Å²) in [5.74, 6) is 0.715. The van der Waals surface area contributed by atoms with Crippen LogP contribution in [0.15, 0.2) is 92.0 Å². The number of benzene rings is 3.